The lowest BCUT2D eigenvalue weighted by Crippen LogP contribution is -2.15. The van der Waals surface area contributed by atoms with Gasteiger partial charge in [-0.15, -0.1) is 16.7 Å². The third-order valence-corrected chi connectivity index (χ3v) is 3.10. The second-order valence-electron chi connectivity index (χ2n) is 4.00. The number of hydrogen-bond acceptors (Lipinski definition) is 5. The Bertz CT molecular complexity index is 668. The van der Waals surface area contributed by atoms with Crippen LogP contribution >= 0.6 is 11.6 Å². The molecule has 1 aromatic carbocycles. The summed E-state index contributed by atoms with van der Waals surface area (Å²) in [6, 6.07) is 9.94. The van der Waals surface area contributed by atoms with Crippen LogP contribution in [0, 0.1) is 0 Å². The van der Waals surface area contributed by atoms with Crippen LogP contribution in [0.25, 0.3) is 5.65 Å². The summed E-state index contributed by atoms with van der Waals surface area (Å²) in [6.45, 7) is 0. The minimum absolute atomic E-state index is 0.0283. The number of aromatic nitrogens is 5. The molecule has 0 spiro atoms. The van der Waals surface area contributed by atoms with E-state index in [1.807, 2.05) is 30.3 Å². The Balaban J connectivity index is 1.93. The zero-order chi connectivity index (χ0) is 13.1. The molecule has 0 radical (unpaired) electrons. The van der Waals surface area contributed by atoms with Crippen molar-refractivity contribution in [3.8, 4) is 0 Å². The molecule has 2 aromatic heterocycles. The van der Waals surface area contributed by atoms with E-state index in [0.29, 0.717) is 17.3 Å². The summed E-state index contributed by atoms with van der Waals surface area (Å²) in [5, 5.41) is 14.7. The van der Waals surface area contributed by atoms with E-state index in [1.54, 1.807) is 16.9 Å². The van der Waals surface area contributed by atoms with Crippen molar-refractivity contribution >= 4 is 23.1 Å². The van der Waals surface area contributed by atoms with E-state index in [2.05, 4.69) is 25.8 Å². The molecular weight excluding hydrogens is 264 g/mol. The van der Waals surface area contributed by atoms with Crippen molar-refractivity contribution < 1.29 is 0 Å². The molecule has 0 aliphatic rings. The molecule has 96 valence electrons. The first-order chi connectivity index (χ1) is 9.38. The number of alkyl halides is 1. The van der Waals surface area contributed by atoms with Gasteiger partial charge in [0.15, 0.2) is 11.5 Å². The zero-order valence-electron chi connectivity index (χ0n) is 9.94. The molecular formula is C12H11ClN6. The van der Waals surface area contributed by atoms with Crippen LogP contribution in [0.1, 0.15) is 11.6 Å². The Morgan fingerprint density at radius 1 is 1.21 bits per heavy atom. The molecule has 0 aliphatic carbocycles. The molecule has 1 unspecified atom stereocenters. The second-order valence-corrected chi connectivity index (χ2v) is 4.31. The van der Waals surface area contributed by atoms with Crippen LogP contribution in [0.15, 0.2) is 42.7 Å². The highest BCUT2D eigenvalue weighted by molar-refractivity contribution is 6.18. The molecule has 0 saturated heterocycles. The number of halogens is 1. The van der Waals surface area contributed by atoms with Crippen LogP contribution < -0.4 is 5.32 Å². The van der Waals surface area contributed by atoms with E-state index in [9.17, 15) is 0 Å². The Hall–Kier alpha value is -2.21. The number of nitrogens with one attached hydrogen (secondary N) is 1. The number of rotatable bonds is 4. The van der Waals surface area contributed by atoms with E-state index in [4.69, 9.17) is 11.6 Å². The topological polar surface area (TPSA) is 68.0 Å². The van der Waals surface area contributed by atoms with Crippen LogP contribution in [0.2, 0.25) is 0 Å². The van der Waals surface area contributed by atoms with Gasteiger partial charge < -0.3 is 5.32 Å². The first kappa shape index (κ1) is 11.9. The minimum Gasteiger partial charge on any atom is -0.361 e. The van der Waals surface area contributed by atoms with Crippen LogP contribution in [-0.4, -0.2) is 30.9 Å². The molecule has 0 fully saturated rings. The number of hydrogen-bond donors (Lipinski definition) is 1. The van der Waals surface area contributed by atoms with Gasteiger partial charge in [-0.1, -0.05) is 30.3 Å². The highest BCUT2D eigenvalue weighted by Crippen LogP contribution is 2.20. The van der Waals surface area contributed by atoms with Crippen LogP contribution in [0.4, 0.5) is 5.82 Å². The van der Waals surface area contributed by atoms with Crippen molar-refractivity contribution in [3.05, 3.63) is 48.3 Å². The van der Waals surface area contributed by atoms with Gasteiger partial charge in [0.25, 0.3) is 0 Å². The molecule has 0 aliphatic heterocycles. The van der Waals surface area contributed by atoms with Gasteiger partial charge >= 0.3 is 0 Å². The van der Waals surface area contributed by atoms with Crippen LogP contribution in [0.5, 0.6) is 0 Å². The van der Waals surface area contributed by atoms with Crippen molar-refractivity contribution in [1.82, 2.24) is 25.0 Å². The highest BCUT2D eigenvalue weighted by atomic mass is 35.5. The third-order valence-electron chi connectivity index (χ3n) is 2.79. The molecule has 1 atom stereocenters. The average Bonchev–Trinajstić information content (AvgIpc) is 2.95. The van der Waals surface area contributed by atoms with Gasteiger partial charge in [-0.25, -0.2) is 0 Å². The predicted molar refractivity (Wildman–Crippen MR) is 72.1 cm³/mol. The van der Waals surface area contributed by atoms with Crippen molar-refractivity contribution in [2.24, 2.45) is 0 Å². The van der Waals surface area contributed by atoms with Gasteiger partial charge in [0.2, 0.25) is 0 Å². The maximum absolute atomic E-state index is 6.03. The Labute approximate surface area is 114 Å². The number of nitrogens with zero attached hydrogens (tertiary/aromatic N) is 5. The number of tetrazole rings is 1. The third kappa shape index (κ3) is 2.34. The average molecular weight is 275 g/mol. The normalized spacial score (nSPS) is 12.5. The number of benzene rings is 1. The molecule has 6 nitrogen and oxygen atoms in total. The summed E-state index contributed by atoms with van der Waals surface area (Å²) in [7, 11) is 0. The molecule has 0 bridgehead atoms. The van der Waals surface area contributed by atoms with E-state index < -0.39 is 0 Å². The van der Waals surface area contributed by atoms with Crippen LogP contribution in [0.3, 0.4) is 0 Å². The lowest BCUT2D eigenvalue weighted by molar-refractivity contribution is 0.798. The molecule has 3 aromatic rings. The second kappa shape index (κ2) is 5.19. The number of fused-ring (bicyclic) bond motifs is 1. The van der Waals surface area contributed by atoms with Gasteiger partial charge in [-0.3, -0.25) is 4.98 Å². The fraction of sp³-hybridized carbons (Fsp3) is 0.167. The molecule has 3 rings (SSSR count). The summed E-state index contributed by atoms with van der Waals surface area (Å²) in [4.78, 5) is 4.10. The molecule has 2 heterocycles. The van der Waals surface area contributed by atoms with Crippen molar-refractivity contribution in [2.75, 3.05) is 11.2 Å². The molecule has 19 heavy (non-hydrogen) atoms. The molecule has 7 heteroatoms. The Morgan fingerprint density at radius 2 is 2.05 bits per heavy atom. The van der Waals surface area contributed by atoms with Crippen molar-refractivity contribution in [3.63, 3.8) is 0 Å². The fourth-order valence-corrected chi connectivity index (χ4v) is 2.10. The summed E-state index contributed by atoms with van der Waals surface area (Å²) in [6.07, 6.45) is 3.27. The molecule has 0 saturated carbocycles. The fourth-order valence-electron chi connectivity index (χ4n) is 1.85. The SMILES string of the molecule is ClCC(Nc1cncc2nnnn12)c1ccccc1. The van der Waals surface area contributed by atoms with Gasteiger partial charge in [0.05, 0.1) is 18.4 Å². The molecule has 0 amide bonds. The highest BCUT2D eigenvalue weighted by Gasteiger charge is 2.12. The lowest BCUT2D eigenvalue weighted by atomic mass is 10.1. The maximum Gasteiger partial charge on any atom is 0.199 e. The minimum atomic E-state index is -0.0283. The summed E-state index contributed by atoms with van der Waals surface area (Å²) in [5.41, 5.74) is 1.69. The Morgan fingerprint density at radius 3 is 2.84 bits per heavy atom. The summed E-state index contributed by atoms with van der Waals surface area (Å²) in [5.74, 6) is 1.14. The summed E-state index contributed by atoms with van der Waals surface area (Å²) >= 11 is 6.03. The zero-order valence-corrected chi connectivity index (χ0v) is 10.7. The van der Waals surface area contributed by atoms with Gasteiger partial charge in [-0.05, 0) is 16.0 Å². The predicted octanol–water partition coefficient (Wildman–Crippen LogP) is 1.91. The van der Waals surface area contributed by atoms with E-state index >= 15 is 0 Å². The van der Waals surface area contributed by atoms with E-state index in [-0.39, 0.29) is 6.04 Å². The first-order valence-corrected chi connectivity index (χ1v) is 6.31. The monoisotopic (exact) mass is 274 g/mol. The van der Waals surface area contributed by atoms with Gasteiger partial charge in [0.1, 0.15) is 0 Å². The first-order valence-electron chi connectivity index (χ1n) is 5.78. The van der Waals surface area contributed by atoms with Gasteiger partial charge in [-0.2, -0.15) is 4.52 Å². The van der Waals surface area contributed by atoms with Crippen molar-refractivity contribution in [1.29, 1.82) is 0 Å². The quantitative estimate of drug-likeness (QED) is 0.736. The van der Waals surface area contributed by atoms with Gasteiger partial charge in [0, 0.05) is 5.88 Å². The summed E-state index contributed by atoms with van der Waals surface area (Å²) < 4.78 is 1.59. The Kier molecular flexibility index (Phi) is 3.24. The standard InChI is InChI=1S/C12H11ClN6/c13-6-10(9-4-2-1-3-5-9)15-11-7-14-8-12-16-17-18-19(11)12/h1-5,7-8,10,15H,6H2. The van der Waals surface area contributed by atoms with Crippen LogP contribution in [-0.2, 0) is 0 Å². The largest absolute Gasteiger partial charge is 0.361 e. The number of anilines is 1. The van der Waals surface area contributed by atoms with E-state index in [1.165, 1.54) is 0 Å². The lowest BCUT2D eigenvalue weighted by Gasteiger charge is -2.17. The smallest absolute Gasteiger partial charge is 0.199 e. The molecule has 1 N–H and O–H groups in total. The maximum atomic E-state index is 6.03. The van der Waals surface area contributed by atoms with Crippen molar-refractivity contribution in [2.45, 2.75) is 6.04 Å². The van der Waals surface area contributed by atoms with E-state index in [0.717, 1.165) is 5.56 Å².